The molecule has 4 nitrogen and oxygen atoms in total. The van der Waals surface area contributed by atoms with Crippen molar-refractivity contribution < 1.29 is 9.05 Å². The zero-order valence-corrected chi connectivity index (χ0v) is 5.76. The molecule has 0 spiro atoms. The van der Waals surface area contributed by atoms with E-state index in [2.05, 4.69) is 15.6 Å². The summed E-state index contributed by atoms with van der Waals surface area (Å²) in [5.41, 5.74) is 1.49. The maximum absolute atomic E-state index is 4.81. The van der Waals surface area contributed by atoms with Crippen LogP contribution < -0.4 is 11.8 Å². The minimum atomic E-state index is -2.35. The van der Waals surface area contributed by atoms with Crippen molar-refractivity contribution in [1.29, 1.82) is 0 Å². The topological polar surface area (TPSA) is 70.5 Å². The molecule has 0 unspecified atom stereocenters. The quantitative estimate of drug-likeness (QED) is 0.405. The van der Waals surface area contributed by atoms with Gasteiger partial charge in [-0.05, 0) is 12.2 Å². The lowest BCUT2D eigenvalue weighted by molar-refractivity contribution is 0.191. The smallest absolute Gasteiger partial charge is 0.310 e. The van der Waals surface area contributed by atoms with Crippen molar-refractivity contribution in [2.75, 3.05) is 0 Å². The predicted octanol–water partition coefficient (Wildman–Crippen LogP) is -0.436. The van der Waals surface area contributed by atoms with Crippen LogP contribution in [0, 0.1) is 0 Å². The Bertz CT molecular complexity index is 83.4. The summed E-state index contributed by atoms with van der Waals surface area (Å²) in [6.45, 7) is 5.11. The summed E-state index contributed by atoms with van der Waals surface area (Å²) in [4.78, 5) is 0. The van der Waals surface area contributed by atoms with Crippen molar-refractivity contribution in [2.45, 2.75) is 6.55 Å². The molecule has 0 aromatic rings. The van der Waals surface area contributed by atoms with E-state index in [4.69, 9.17) is 11.8 Å². The van der Waals surface area contributed by atoms with E-state index >= 15 is 0 Å². The largest absolute Gasteiger partial charge is 0.397 e. The van der Waals surface area contributed by atoms with Crippen molar-refractivity contribution in [3.05, 3.63) is 12.3 Å². The lowest BCUT2D eigenvalue weighted by Crippen LogP contribution is -2.41. The second-order valence-electron chi connectivity index (χ2n) is 1.46. The zero-order chi connectivity index (χ0) is 6.62. The Morgan fingerprint density at radius 3 is 1.88 bits per heavy atom. The average Bonchev–Trinajstić information content (AvgIpc) is 1.87. The third kappa shape index (κ3) is 1.72. The molecule has 0 aliphatic rings. The summed E-state index contributed by atoms with van der Waals surface area (Å²) in [6.07, 6.45) is 0. The summed E-state index contributed by atoms with van der Waals surface area (Å²) in [5.74, 6) is 9.63. The summed E-state index contributed by atoms with van der Waals surface area (Å²) < 4.78 is 8.82. The van der Waals surface area contributed by atoms with E-state index in [9.17, 15) is 0 Å². The van der Waals surface area contributed by atoms with Crippen LogP contribution in [0.15, 0.2) is 12.3 Å². The van der Waals surface area contributed by atoms with Gasteiger partial charge in [0, 0.05) is 0 Å². The van der Waals surface area contributed by atoms with E-state index in [1.807, 2.05) is 0 Å². The van der Waals surface area contributed by atoms with Crippen LogP contribution in [0.5, 0.6) is 0 Å². The second-order valence-corrected chi connectivity index (χ2v) is 4.37. The van der Waals surface area contributed by atoms with Crippen LogP contribution in [0.2, 0.25) is 6.55 Å². The van der Waals surface area contributed by atoms with E-state index in [0.717, 1.165) is 0 Å². The Hall–Kier alpha value is -0.203. The first kappa shape index (κ1) is 7.80. The summed E-state index contributed by atoms with van der Waals surface area (Å²) in [7, 11) is -2.35. The van der Waals surface area contributed by atoms with Crippen LogP contribution >= 0.6 is 0 Å². The van der Waals surface area contributed by atoms with Gasteiger partial charge >= 0.3 is 8.56 Å². The van der Waals surface area contributed by atoms with Gasteiger partial charge in [-0.2, -0.15) is 0 Å². The van der Waals surface area contributed by atoms with Crippen LogP contribution in [0.25, 0.3) is 0 Å². The molecule has 0 radical (unpaired) electrons. The first-order valence-electron chi connectivity index (χ1n) is 2.08. The molecule has 0 aromatic carbocycles. The molecule has 0 saturated carbocycles. The van der Waals surface area contributed by atoms with Crippen molar-refractivity contribution in [1.82, 2.24) is 0 Å². The molecule has 0 fully saturated rings. The van der Waals surface area contributed by atoms with Crippen LogP contribution in [0.1, 0.15) is 0 Å². The fourth-order valence-electron chi connectivity index (χ4n) is 0.124. The second kappa shape index (κ2) is 2.95. The summed E-state index contributed by atoms with van der Waals surface area (Å²) >= 11 is 0. The minimum Gasteiger partial charge on any atom is -0.310 e. The van der Waals surface area contributed by atoms with Gasteiger partial charge in [0.1, 0.15) is 0 Å². The van der Waals surface area contributed by atoms with Gasteiger partial charge < -0.3 is 9.05 Å². The monoisotopic (exact) mass is 134 g/mol. The van der Waals surface area contributed by atoms with Crippen LogP contribution in [0.4, 0.5) is 0 Å². The number of nitrogens with two attached hydrogens (primary N) is 2. The van der Waals surface area contributed by atoms with Gasteiger partial charge in [-0.1, -0.05) is 0 Å². The third-order valence-corrected chi connectivity index (χ3v) is 2.52. The molecule has 8 heavy (non-hydrogen) atoms. The SMILES string of the molecule is C=C[Si](C)(ON)ON. The molecule has 0 amide bonds. The maximum Gasteiger partial charge on any atom is 0.397 e. The lowest BCUT2D eigenvalue weighted by Gasteiger charge is -2.14. The van der Waals surface area contributed by atoms with Crippen molar-refractivity contribution in [3.8, 4) is 0 Å². The molecule has 48 valence electrons. The molecule has 0 aliphatic heterocycles. The Morgan fingerprint density at radius 1 is 1.50 bits per heavy atom. The molecule has 0 rings (SSSR count). The van der Waals surface area contributed by atoms with E-state index in [-0.39, 0.29) is 0 Å². The summed E-state index contributed by atoms with van der Waals surface area (Å²) in [5, 5.41) is 0. The van der Waals surface area contributed by atoms with Gasteiger partial charge in [0.15, 0.2) is 0 Å². The van der Waals surface area contributed by atoms with Gasteiger partial charge in [0.2, 0.25) is 0 Å². The standard InChI is InChI=1S/C3H10N2O2Si/c1-3-8(2,6-4)7-5/h3H,1,4-5H2,2H3. The maximum atomic E-state index is 4.81. The van der Waals surface area contributed by atoms with Crippen molar-refractivity contribution in [3.63, 3.8) is 0 Å². The van der Waals surface area contributed by atoms with Crippen molar-refractivity contribution in [2.24, 2.45) is 11.8 Å². The Kier molecular flexibility index (Phi) is 2.88. The molecule has 0 saturated heterocycles. The highest BCUT2D eigenvalue weighted by molar-refractivity contribution is 6.70. The fraction of sp³-hybridized carbons (Fsp3) is 0.333. The first-order chi connectivity index (χ1) is 3.68. The lowest BCUT2D eigenvalue weighted by atomic mass is 11.3. The Balaban J connectivity index is 3.76. The normalized spacial score (nSPS) is 11.4. The highest BCUT2D eigenvalue weighted by atomic mass is 28.4. The molecule has 0 aliphatic carbocycles. The van der Waals surface area contributed by atoms with E-state index in [1.165, 1.54) is 5.70 Å². The van der Waals surface area contributed by atoms with E-state index < -0.39 is 8.56 Å². The molecule has 0 heterocycles. The van der Waals surface area contributed by atoms with E-state index in [1.54, 1.807) is 6.55 Å². The number of rotatable bonds is 3. The first-order valence-corrected chi connectivity index (χ1v) is 4.47. The van der Waals surface area contributed by atoms with Gasteiger partial charge in [-0.3, -0.25) is 0 Å². The Morgan fingerprint density at radius 2 is 1.88 bits per heavy atom. The molecular formula is C3H10N2O2Si. The zero-order valence-electron chi connectivity index (χ0n) is 4.76. The summed E-state index contributed by atoms with van der Waals surface area (Å²) in [6, 6.07) is 0. The highest BCUT2D eigenvalue weighted by Crippen LogP contribution is 1.99. The number of hydrogen-bond donors (Lipinski definition) is 2. The van der Waals surface area contributed by atoms with E-state index in [0.29, 0.717) is 0 Å². The number of hydrogen-bond acceptors (Lipinski definition) is 4. The Labute approximate surface area is 49.2 Å². The van der Waals surface area contributed by atoms with Gasteiger partial charge in [-0.15, -0.1) is 6.58 Å². The molecule has 4 N–H and O–H groups in total. The van der Waals surface area contributed by atoms with Gasteiger partial charge in [-0.25, -0.2) is 11.8 Å². The fourth-order valence-corrected chi connectivity index (χ4v) is 0.372. The minimum absolute atomic E-state index is 1.49. The van der Waals surface area contributed by atoms with Crippen LogP contribution in [0.3, 0.4) is 0 Å². The van der Waals surface area contributed by atoms with Crippen molar-refractivity contribution >= 4 is 8.56 Å². The molecule has 0 aromatic heterocycles. The molecule has 0 bridgehead atoms. The molecule has 0 atom stereocenters. The third-order valence-electron chi connectivity index (χ3n) is 0.839. The van der Waals surface area contributed by atoms with Crippen LogP contribution in [-0.4, -0.2) is 8.56 Å². The predicted molar refractivity (Wildman–Crippen MR) is 32.4 cm³/mol. The van der Waals surface area contributed by atoms with Crippen LogP contribution in [-0.2, 0) is 9.05 Å². The highest BCUT2D eigenvalue weighted by Gasteiger charge is 2.25. The molecular weight excluding hydrogens is 124 g/mol. The van der Waals surface area contributed by atoms with Gasteiger partial charge in [0.05, 0.1) is 0 Å². The molecule has 5 heteroatoms. The average molecular weight is 134 g/mol. The van der Waals surface area contributed by atoms with Gasteiger partial charge in [0.25, 0.3) is 0 Å².